The number of hydrazone groups is 1. The van der Waals surface area contributed by atoms with E-state index in [0.717, 1.165) is 33.6 Å². The number of halogens is 3. The summed E-state index contributed by atoms with van der Waals surface area (Å²) in [5.41, 5.74) is 2.50. The summed E-state index contributed by atoms with van der Waals surface area (Å²) in [6.07, 6.45) is 11.3. The third-order valence-corrected chi connectivity index (χ3v) is 5.77. The largest absolute Gasteiger partial charge is 0.273 e. The number of carbonyl (C=O) groups excluding carboxylic acids is 1. The molecule has 1 aliphatic carbocycles. The van der Waals surface area contributed by atoms with E-state index in [1.165, 1.54) is 5.01 Å². The van der Waals surface area contributed by atoms with Crippen LogP contribution in [0, 0.1) is 0 Å². The van der Waals surface area contributed by atoms with Gasteiger partial charge in [-0.05, 0) is 46.1 Å². The van der Waals surface area contributed by atoms with Crippen LogP contribution < -0.4 is 0 Å². The highest BCUT2D eigenvalue weighted by Gasteiger charge is 2.24. The maximum Gasteiger partial charge on any atom is 0.247 e. The topological polar surface area (TPSA) is 58.5 Å². The van der Waals surface area contributed by atoms with E-state index in [2.05, 4.69) is 43.2 Å². The Morgan fingerprint density at radius 1 is 1.24 bits per heavy atom. The van der Waals surface area contributed by atoms with Crippen molar-refractivity contribution >= 4 is 50.8 Å². The molecule has 4 rings (SSSR count). The molecule has 8 heteroatoms. The SMILES string of the molecule is O=C(CC1=CC(c2ncc(Br)cn2)CC=C1)N1CCC(c2cc(Cl)ccc2Cl)=N1. The van der Waals surface area contributed by atoms with Gasteiger partial charge in [0.05, 0.1) is 23.1 Å². The number of nitrogens with zero attached hydrogens (tertiary/aromatic N) is 4. The fourth-order valence-corrected chi connectivity index (χ4v) is 3.97. The lowest BCUT2D eigenvalue weighted by atomic mass is 9.94. The third-order valence-electron chi connectivity index (χ3n) is 4.79. The molecule has 0 spiro atoms. The van der Waals surface area contributed by atoms with Gasteiger partial charge in [-0.1, -0.05) is 41.4 Å². The fraction of sp³-hybridized carbons (Fsp3) is 0.238. The molecule has 1 atom stereocenters. The summed E-state index contributed by atoms with van der Waals surface area (Å²) in [5, 5.41) is 7.18. The zero-order valence-corrected chi connectivity index (χ0v) is 18.5. The van der Waals surface area contributed by atoms with Gasteiger partial charge in [0.2, 0.25) is 5.91 Å². The highest BCUT2D eigenvalue weighted by Crippen LogP contribution is 2.28. The predicted octanol–water partition coefficient (Wildman–Crippen LogP) is 5.54. The molecule has 1 aromatic carbocycles. The molecule has 1 unspecified atom stereocenters. The van der Waals surface area contributed by atoms with Crippen molar-refractivity contribution in [1.82, 2.24) is 15.0 Å². The molecule has 0 N–H and O–H groups in total. The van der Waals surface area contributed by atoms with E-state index < -0.39 is 0 Å². The molecule has 0 bridgehead atoms. The molecule has 5 nitrogen and oxygen atoms in total. The van der Waals surface area contributed by atoms with Gasteiger partial charge in [-0.2, -0.15) is 5.10 Å². The number of hydrogen-bond donors (Lipinski definition) is 0. The summed E-state index contributed by atoms with van der Waals surface area (Å²) >= 11 is 15.7. The first-order chi connectivity index (χ1) is 14.0. The van der Waals surface area contributed by atoms with E-state index in [1.54, 1.807) is 30.6 Å². The van der Waals surface area contributed by atoms with Crippen molar-refractivity contribution in [3.05, 3.63) is 80.3 Å². The molecule has 0 fully saturated rings. The van der Waals surface area contributed by atoms with Crippen LogP contribution in [0.15, 0.2) is 64.0 Å². The maximum atomic E-state index is 12.8. The van der Waals surface area contributed by atoms with Crippen molar-refractivity contribution in [2.24, 2.45) is 5.10 Å². The molecular formula is C21H17BrCl2N4O. The van der Waals surface area contributed by atoms with Crippen LogP contribution in [0.25, 0.3) is 0 Å². The van der Waals surface area contributed by atoms with E-state index in [9.17, 15) is 4.79 Å². The van der Waals surface area contributed by atoms with Crippen LogP contribution in [-0.4, -0.2) is 33.1 Å². The first-order valence-electron chi connectivity index (χ1n) is 9.17. The van der Waals surface area contributed by atoms with Crippen molar-refractivity contribution in [3.8, 4) is 0 Å². The molecule has 1 aromatic heterocycles. The number of rotatable bonds is 4. The first kappa shape index (κ1) is 20.3. The van der Waals surface area contributed by atoms with Gasteiger partial charge in [0, 0.05) is 40.3 Å². The lowest BCUT2D eigenvalue weighted by Gasteiger charge is -2.17. The lowest BCUT2D eigenvalue weighted by molar-refractivity contribution is -0.129. The lowest BCUT2D eigenvalue weighted by Crippen LogP contribution is -2.23. The van der Waals surface area contributed by atoms with E-state index in [-0.39, 0.29) is 18.2 Å². The van der Waals surface area contributed by atoms with E-state index in [0.29, 0.717) is 23.0 Å². The van der Waals surface area contributed by atoms with Gasteiger partial charge >= 0.3 is 0 Å². The van der Waals surface area contributed by atoms with Gasteiger partial charge in [-0.3, -0.25) is 4.79 Å². The highest BCUT2D eigenvalue weighted by atomic mass is 79.9. The molecule has 1 amide bonds. The van der Waals surface area contributed by atoms with Gasteiger partial charge < -0.3 is 0 Å². The monoisotopic (exact) mass is 490 g/mol. The van der Waals surface area contributed by atoms with Gasteiger partial charge in [0.1, 0.15) is 5.82 Å². The number of allylic oxidation sites excluding steroid dienone is 3. The number of hydrogen-bond acceptors (Lipinski definition) is 4. The Morgan fingerprint density at radius 2 is 2.03 bits per heavy atom. The third kappa shape index (κ3) is 4.77. The summed E-state index contributed by atoms with van der Waals surface area (Å²) in [7, 11) is 0. The van der Waals surface area contributed by atoms with Gasteiger partial charge in [0.15, 0.2) is 0 Å². The Labute approximate surface area is 187 Å². The van der Waals surface area contributed by atoms with Gasteiger partial charge in [-0.25, -0.2) is 15.0 Å². The highest BCUT2D eigenvalue weighted by molar-refractivity contribution is 9.10. The van der Waals surface area contributed by atoms with E-state index in [4.69, 9.17) is 23.2 Å². The first-order valence-corrected chi connectivity index (χ1v) is 10.7. The maximum absolute atomic E-state index is 12.8. The molecule has 2 aliphatic rings. The second-order valence-corrected chi connectivity index (χ2v) is 8.62. The van der Waals surface area contributed by atoms with E-state index >= 15 is 0 Å². The molecule has 2 aromatic rings. The molecule has 0 saturated heterocycles. The van der Waals surface area contributed by atoms with Crippen LogP contribution in [0.2, 0.25) is 10.0 Å². The van der Waals surface area contributed by atoms with Crippen LogP contribution >= 0.6 is 39.1 Å². The molecular weight excluding hydrogens is 475 g/mol. The average Bonchev–Trinajstić information content (AvgIpc) is 3.21. The minimum absolute atomic E-state index is 0.0496. The van der Waals surface area contributed by atoms with Gasteiger partial charge in [0.25, 0.3) is 0 Å². The Morgan fingerprint density at radius 3 is 2.83 bits per heavy atom. The van der Waals surface area contributed by atoms with Crippen molar-refractivity contribution in [1.29, 1.82) is 0 Å². The number of aromatic nitrogens is 2. The molecule has 0 radical (unpaired) electrons. The van der Waals surface area contributed by atoms with Crippen LogP contribution in [0.4, 0.5) is 0 Å². The number of amides is 1. The second kappa shape index (κ2) is 8.78. The summed E-state index contributed by atoms with van der Waals surface area (Å²) in [4.78, 5) is 21.5. The molecule has 0 saturated carbocycles. The minimum atomic E-state index is -0.0496. The minimum Gasteiger partial charge on any atom is -0.273 e. The van der Waals surface area contributed by atoms with Crippen molar-refractivity contribution in [3.63, 3.8) is 0 Å². The Balaban J connectivity index is 1.46. The molecule has 148 valence electrons. The number of benzene rings is 1. The normalized spacial score (nSPS) is 18.6. The zero-order chi connectivity index (χ0) is 20.4. The number of carbonyl (C=O) groups is 1. The summed E-state index contributed by atoms with van der Waals surface area (Å²) < 4.78 is 0.842. The van der Waals surface area contributed by atoms with Crippen LogP contribution in [0.1, 0.15) is 36.6 Å². The fourth-order valence-electron chi connectivity index (χ4n) is 3.37. The summed E-state index contributed by atoms with van der Waals surface area (Å²) in [5.74, 6) is 0.768. The molecule has 1 aliphatic heterocycles. The van der Waals surface area contributed by atoms with Crippen molar-refractivity contribution in [2.75, 3.05) is 6.54 Å². The van der Waals surface area contributed by atoms with Crippen molar-refractivity contribution < 1.29 is 4.79 Å². The Bertz CT molecular complexity index is 1030. The Kier molecular flexibility index (Phi) is 6.13. The summed E-state index contributed by atoms with van der Waals surface area (Å²) in [6, 6.07) is 5.26. The van der Waals surface area contributed by atoms with E-state index in [1.807, 2.05) is 6.08 Å². The molecule has 29 heavy (non-hydrogen) atoms. The summed E-state index contributed by atoms with van der Waals surface area (Å²) in [6.45, 7) is 0.535. The second-order valence-electron chi connectivity index (χ2n) is 6.86. The smallest absolute Gasteiger partial charge is 0.247 e. The molecule has 2 heterocycles. The van der Waals surface area contributed by atoms with Gasteiger partial charge in [-0.15, -0.1) is 0 Å². The van der Waals surface area contributed by atoms with Crippen molar-refractivity contribution in [2.45, 2.75) is 25.2 Å². The Hall–Kier alpha value is -2.02. The quantitative estimate of drug-likeness (QED) is 0.563. The average molecular weight is 492 g/mol. The standard InChI is InChI=1S/C21H17BrCl2N4O/c22-15-11-25-21(26-12-15)14-3-1-2-13(8-14)9-20(29)28-7-6-19(27-28)17-10-16(23)4-5-18(17)24/h1-2,4-5,8,10-12,14H,3,6-7,9H2. The predicted molar refractivity (Wildman–Crippen MR) is 118 cm³/mol. The van der Waals surface area contributed by atoms with Crippen LogP contribution in [-0.2, 0) is 4.79 Å². The van der Waals surface area contributed by atoms with Crippen LogP contribution in [0.5, 0.6) is 0 Å². The zero-order valence-electron chi connectivity index (χ0n) is 15.4. The van der Waals surface area contributed by atoms with Crippen LogP contribution in [0.3, 0.4) is 0 Å².